The standard InChI is InChI=1S/C16H23ClNO2.ClH/c1-13(2)15(19)16(11-12-20-17,18(3,4)5)14-9-7-6-8-10-14;/h6-10H,1,11-12H2,2-5H3;1H/q+1;/p-1. The predicted octanol–water partition coefficient (Wildman–Crippen LogP) is 0.298. The zero-order valence-corrected chi connectivity index (χ0v) is 14.5. The molecule has 0 saturated heterocycles. The molecule has 0 radical (unpaired) electrons. The van der Waals surface area contributed by atoms with Gasteiger partial charge in [-0.1, -0.05) is 36.9 Å². The highest BCUT2D eigenvalue weighted by atomic mass is 35.5. The fraction of sp³-hybridized carbons (Fsp3) is 0.438. The normalized spacial score (nSPS) is 14.0. The molecular formula is C16H23Cl2NO2. The van der Waals surface area contributed by atoms with Gasteiger partial charge in [0.25, 0.3) is 0 Å². The van der Waals surface area contributed by atoms with Gasteiger partial charge in [0, 0.05) is 12.0 Å². The van der Waals surface area contributed by atoms with Crippen LogP contribution < -0.4 is 12.4 Å². The third-order valence-corrected chi connectivity index (χ3v) is 3.86. The molecule has 0 fully saturated rings. The molecule has 0 spiro atoms. The van der Waals surface area contributed by atoms with Gasteiger partial charge < -0.3 is 16.9 Å². The second kappa shape index (κ2) is 7.95. The number of nitrogens with zero attached hydrogens (tertiary/aromatic N) is 1. The molecule has 0 N–H and O–H groups in total. The van der Waals surface area contributed by atoms with Crippen molar-refractivity contribution in [1.29, 1.82) is 0 Å². The molecule has 0 aromatic heterocycles. The summed E-state index contributed by atoms with van der Waals surface area (Å²) in [5.74, 6) is 0.0184. The van der Waals surface area contributed by atoms with Crippen LogP contribution in [0.3, 0.4) is 0 Å². The lowest BCUT2D eigenvalue weighted by molar-refractivity contribution is -0.921. The molecule has 3 nitrogen and oxygen atoms in total. The van der Waals surface area contributed by atoms with Crippen LogP contribution in [0.2, 0.25) is 0 Å². The minimum atomic E-state index is -0.748. The van der Waals surface area contributed by atoms with Gasteiger partial charge in [0.05, 0.1) is 39.6 Å². The SMILES string of the molecule is C=C(C)C(=O)C(CCOCl)(c1ccccc1)[N+](C)(C)C.[Cl-]. The van der Waals surface area contributed by atoms with Crippen molar-refractivity contribution in [3.05, 3.63) is 48.0 Å². The van der Waals surface area contributed by atoms with E-state index in [2.05, 4.69) is 6.58 Å². The van der Waals surface area contributed by atoms with E-state index in [1.165, 1.54) is 0 Å². The number of quaternary nitrogens is 1. The fourth-order valence-corrected chi connectivity index (χ4v) is 2.75. The summed E-state index contributed by atoms with van der Waals surface area (Å²) in [6.07, 6.45) is 0.496. The monoisotopic (exact) mass is 331 g/mol. The van der Waals surface area contributed by atoms with Crippen molar-refractivity contribution in [1.82, 2.24) is 0 Å². The maximum atomic E-state index is 12.9. The van der Waals surface area contributed by atoms with Crippen LogP contribution in [0.25, 0.3) is 0 Å². The summed E-state index contributed by atoms with van der Waals surface area (Å²) >= 11 is 5.39. The van der Waals surface area contributed by atoms with Crippen molar-refractivity contribution in [2.75, 3.05) is 27.7 Å². The van der Waals surface area contributed by atoms with Crippen molar-refractivity contribution >= 4 is 17.6 Å². The number of carbonyl (C=O) groups excluding carboxylic acids is 1. The third kappa shape index (κ3) is 4.07. The number of ketones is 1. The Morgan fingerprint density at radius 1 is 1.29 bits per heavy atom. The molecule has 0 amide bonds. The lowest BCUT2D eigenvalue weighted by Gasteiger charge is -2.45. The van der Waals surface area contributed by atoms with Gasteiger partial charge in [0.15, 0.2) is 5.54 Å². The first-order valence-corrected chi connectivity index (χ1v) is 6.89. The van der Waals surface area contributed by atoms with E-state index in [9.17, 15) is 4.79 Å². The molecule has 1 unspecified atom stereocenters. The van der Waals surface area contributed by atoms with E-state index >= 15 is 0 Å². The Morgan fingerprint density at radius 2 is 1.81 bits per heavy atom. The number of rotatable bonds is 7. The van der Waals surface area contributed by atoms with Crippen molar-refractivity contribution in [3.63, 3.8) is 0 Å². The van der Waals surface area contributed by atoms with E-state index in [1.54, 1.807) is 6.92 Å². The number of Topliss-reactive ketones (excluding diaryl/α,β-unsaturated/α-hetero) is 1. The molecule has 1 rings (SSSR count). The summed E-state index contributed by atoms with van der Waals surface area (Å²) in [5.41, 5.74) is 0.743. The summed E-state index contributed by atoms with van der Waals surface area (Å²) in [6, 6.07) is 9.75. The average Bonchev–Trinajstić information content (AvgIpc) is 2.39. The van der Waals surface area contributed by atoms with E-state index < -0.39 is 5.54 Å². The molecule has 118 valence electrons. The Morgan fingerprint density at radius 3 is 2.19 bits per heavy atom. The number of hydrogen-bond donors (Lipinski definition) is 0. The second-order valence-electron chi connectivity index (χ2n) is 5.91. The van der Waals surface area contributed by atoms with Crippen LogP contribution in [0.5, 0.6) is 0 Å². The molecule has 0 aliphatic heterocycles. The molecule has 1 aromatic rings. The lowest BCUT2D eigenvalue weighted by Crippen LogP contribution is -3.00. The number of hydrogen-bond acceptors (Lipinski definition) is 2. The molecule has 0 aliphatic rings. The first-order chi connectivity index (χ1) is 9.27. The highest BCUT2D eigenvalue weighted by Crippen LogP contribution is 2.37. The summed E-state index contributed by atoms with van der Waals surface area (Å²) < 4.78 is 5.17. The predicted molar refractivity (Wildman–Crippen MR) is 82.4 cm³/mol. The van der Waals surface area contributed by atoms with E-state index in [0.717, 1.165) is 5.56 Å². The van der Waals surface area contributed by atoms with Crippen LogP contribution in [0.1, 0.15) is 18.9 Å². The molecule has 0 bridgehead atoms. The summed E-state index contributed by atoms with van der Waals surface area (Å²) in [5, 5.41) is 0. The smallest absolute Gasteiger partial charge is 0.223 e. The quantitative estimate of drug-likeness (QED) is 0.530. The molecule has 0 aliphatic carbocycles. The Labute approximate surface area is 138 Å². The number of benzene rings is 1. The Balaban J connectivity index is 0.00000400. The maximum absolute atomic E-state index is 12.9. The van der Waals surface area contributed by atoms with Gasteiger partial charge in [-0.2, -0.15) is 0 Å². The van der Waals surface area contributed by atoms with Crippen LogP contribution in [0.15, 0.2) is 42.5 Å². The van der Waals surface area contributed by atoms with Crippen molar-refractivity contribution in [3.8, 4) is 0 Å². The van der Waals surface area contributed by atoms with Gasteiger partial charge in [-0.3, -0.25) is 9.08 Å². The fourth-order valence-electron chi connectivity index (χ4n) is 2.67. The van der Waals surface area contributed by atoms with Crippen LogP contribution >= 0.6 is 11.9 Å². The van der Waals surface area contributed by atoms with Crippen LogP contribution in [0.4, 0.5) is 0 Å². The molecular weight excluding hydrogens is 309 g/mol. The van der Waals surface area contributed by atoms with E-state index in [1.807, 2.05) is 51.5 Å². The second-order valence-corrected chi connectivity index (χ2v) is 6.13. The average molecular weight is 332 g/mol. The summed E-state index contributed by atoms with van der Waals surface area (Å²) in [7, 11) is 6.01. The van der Waals surface area contributed by atoms with E-state index in [0.29, 0.717) is 23.1 Å². The van der Waals surface area contributed by atoms with E-state index in [4.69, 9.17) is 16.2 Å². The van der Waals surface area contributed by atoms with Gasteiger partial charge in [0.1, 0.15) is 0 Å². The molecule has 5 heteroatoms. The Kier molecular flexibility index (Phi) is 7.62. The van der Waals surface area contributed by atoms with Gasteiger partial charge in [0.2, 0.25) is 5.78 Å². The highest BCUT2D eigenvalue weighted by molar-refractivity contribution is 6.07. The van der Waals surface area contributed by atoms with E-state index in [-0.39, 0.29) is 18.2 Å². The van der Waals surface area contributed by atoms with Crippen molar-refractivity contribution in [2.24, 2.45) is 0 Å². The highest BCUT2D eigenvalue weighted by Gasteiger charge is 2.51. The van der Waals surface area contributed by atoms with Gasteiger partial charge in [-0.15, -0.1) is 0 Å². The molecule has 0 saturated carbocycles. The van der Waals surface area contributed by atoms with Crippen molar-refractivity contribution in [2.45, 2.75) is 18.9 Å². The molecule has 21 heavy (non-hydrogen) atoms. The summed E-state index contributed by atoms with van der Waals surface area (Å²) in [4.78, 5) is 12.9. The number of carbonyl (C=O) groups is 1. The largest absolute Gasteiger partial charge is 1.00 e. The zero-order valence-electron chi connectivity index (χ0n) is 13.0. The van der Waals surface area contributed by atoms with Crippen LogP contribution in [-0.2, 0) is 14.6 Å². The van der Waals surface area contributed by atoms with Crippen LogP contribution in [-0.4, -0.2) is 38.0 Å². The Hall–Kier alpha value is -0.870. The topological polar surface area (TPSA) is 26.3 Å². The minimum Gasteiger partial charge on any atom is -1.00 e. The van der Waals surface area contributed by atoms with Crippen LogP contribution in [0, 0.1) is 0 Å². The molecule has 0 heterocycles. The number of halogens is 2. The zero-order chi connectivity index (χ0) is 15.4. The summed E-state index contributed by atoms with van der Waals surface area (Å²) in [6.45, 7) is 5.88. The van der Waals surface area contributed by atoms with Gasteiger partial charge >= 0.3 is 0 Å². The first kappa shape index (κ1) is 20.1. The first-order valence-electron chi connectivity index (χ1n) is 6.58. The third-order valence-electron chi connectivity index (χ3n) is 3.70. The molecule has 1 atom stereocenters. The van der Waals surface area contributed by atoms with Gasteiger partial charge in [-0.25, -0.2) is 0 Å². The Bertz CT molecular complexity index is 483. The molecule has 1 aromatic carbocycles. The maximum Gasteiger partial charge on any atom is 0.223 e. The minimum absolute atomic E-state index is 0. The number of likely N-dealkylation sites (N-methyl/N-ethyl adjacent to an activating group) is 1. The van der Waals surface area contributed by atoms with Gasteiger partial charge in [-0.05, 0) is 12.5 Å². The van der Waals surface area contributed by atoms with Crippen molar-refractivity contribution < 1.29 is 26.0 Å². The lowest BCUT2D eigenvalue weighted by atomic mass is 9.78.